The minimum Gasteiger partial charge on any atom is -0.377 e. The number of methoxy groups -OCH3 is 1. The molecule has 2 aromatic heterocycles. The summed E-state index contributed by atoms with van der Waals surface area (Å²) in [6.07, 6.45) is 0.564. The molecule has 0 aromatic carbocycles. The van der Waals surface area contributed by atoms with Crippen LogP contribution in [0.3, 0.4) is 0 Å². The second kappa shape index (κ2) is 7.72. The normalized spacial score (nSPS) is 21.6. The second-order valence-electron chi connectivity index (χ2n) is 7.10. The van der Waals surface area contributed by atoms with Crippen LogP contribution in [0.5, 0.6) is 0 Å². The fraction of sp³-hybridized carbons (Fsp3) is 0.556. The lowest BCUT2D eigenvalue weighted by Crippen LogP contribution is -2.44. The largest absolute Gasteiger partial charge is 0.377 e. The molecule has 4 rings (SSSR count). The molecule has 1 fully saturated rings. The van der Waals surface area contributed by atoms with Crippen molar-refractivity contribution in [2.24, 2.45) is 0 Å². The number of rotatable bonds is 5. The van der Waals surface area contributed by atoms with Crippen LogP contribution >= 0.6 is 0 Å². The Morgan fingerprint density at radius 3 is 3.04 bits per heavy atom. The van der Waals surface area contributed by atoms with E-state index in [1.165, 1.54) is 0 Å². The Bertz CT molecular complexity index is 876. The van der Waals surface area contributed by atoms with Gasteiger partial charge in [-0.2, -0.15) is 5.10 Å². The number of aromatic amines is 1. The van der Waals surface area contributed by atoms with Gasteiger partial charge >= 0.3 is 0 Å². The fourth-order valence-corrected chi connectivity index (χ4v) is 3.62. The smallest absolute Gasteiger partial charge is 0.272 e. The molecule has 2 aliphatic rings. The van der Waals surface area contributed by atoms with E-state index in [9.17, 15) is 9.59 Å². The number of nitrogens with zero attached hydrogens (tertiary/aromatic N) is 3. The van der Waals surface area contributed by atoms with Gasteiger partial charge in [0.1, 0.15) is 11.9 Å². The summed E-state index contributed by atoms with van der Waals surface area (Å²) < 4.78 is 15.8. The summed E-state index contributed by atoms with van der Waals surface area (Å²) in [5, 5.41) is 13.8. The molecule has 10 heteroatoms. The monoisotopic (exact) mass is 389 g/mol. The van der Waals surface area contributed by atoms with Gasteiger partial charge in [0.05, 0.1) is 43.6 Å². The zero-order chi connectivity index (χ0) is 19.7. The van der Waals surface area contributed by atoms with Crippen LogP contribution in [0.25, 0.3) is 0 Å². The van der Waals surface area contributed by atoms with Gasteiger partial charge in [0.2, 0.25) is 5.91 Å². The number of carbonyl (C=O) groups is 2. The molecule has 2 N–H and O–H groups in total. The Morgan fingerprint density at radius 1 is 1.43 bits per heavy atom. The molecule has 0 bridgehead atoms. The molecule has 10 nitrogen and oxygen atoms in total. The van der Waals surface area contributed by atoms with Gasteiger partial charge in [0.25, 0.3) is 5.91 Å². The van der Waals surface area contributed by atoms with Crippen LogP contribution in [0.1, 0.15) is 33.2 Å². The average molecular weight is 389 g/mol. The third kappa shape index (κ3) is 3.65. The molecule has 0 unspecified atom stereocenters. The highest BCUT2D eigenvalue weighted by Gasteiger charge is 2.32. The summed E-state index contributed by atoms with van der Waals surface area (Å²) in [5.74, 6) is 0.241. The van der Waals surface area contributed by atoms with E-state index in [-0.39, 0.29) is 30.4 Å². The van der Waals surface area contributed by atoms with Crippen molar-refractivity contribution in [3.63, 3.8) is 0 Å². The maximum absolute atomic E-state index is 12.6. The average Bonchev–Trinajstić information content (AvgIpc) is 3.40. The van der Waals surface area contributed by atoms with Gasteiger partial charge in [-0.1, -0.05) is 5.16 Å². The molecule has 1 saturated heterocycles. The van der Waals surface area contributed by atoms with Gasteiger partial charge < -0.3 is 24.2 Å². The highest BCUT2D eigenvalue weighted by atomic mass is 16.5. The molecule has 2 aromatic rings. The fourth-order valence-electron chi connectivity index (χ4n) is 3.62. The lowest BCUT2D eigenvalue weighted by Gasteiger charge is -2.26. The van der Waals surface area contributed by atoms with E-state index in [1.54, 1.807) is 18.1 Å². The minimum absolute atomic E-state index is 0.0477. The van der Waals surface area contributed by atoms with E-state index >= 15 is 0 Å². The third-order valence-electron chi connectivity index (χ3n) is 5.15. The maximum Gasteiger partial charge on any atom is 0.272 e. The highest BCUT2D eigenvalue weighted by molar-refractivity contribution is 5.94. The first kappa shape index (κ1) is 18.6. The van der Waals surface area contributed by atoms with E-state index in [1.807, 2.05) is 6.92 Å². The van der Waals surface area contributed by atoms with Gasteiger partial charge in [0.15, 0.2) is 5.69 Å². The van der Waals surface area contributed by atoms with Crippen molar-refractivity contribution < 1.29 is 23.6 Å². The van der Waals surface area contributed by atoms with E-state index < -0.39 is 0 Å². The molecule has 0 radical (unpaired) electrons. The van der Waals surface area contributed by atoms with Crippen molar-refractivity contribution in [1.29, 1.82) is 0 Å². The van der Waals surface area contributed by atoms with Crippen LogP contribution in [-0.4, -0.2) is 71.1 Å². The highest BCUT2D eigenvalue weighted by Crippen LogP contribution is 2.21. The van der Waals surface area contributed by atoms with Crippen LogP contribution in [0, 0.1) is 6.92 Å². The predicted molar refractivity (Wildman–Crippen MR) is 95.5 cm³/mol. The van der Waals surface area contributed by atoms with Crippen molar-refractivity contribution in [3.05, 3.63) is 34.5 Å². The Morgan fingerprint density at radius 2 is 2.29 bits per heavy atom. The number of nitrogens with one attached hydrogen (secondary N) is 2. The number of hydrogen-bond acceptors (Lipinski definition) is 7. The molecule has 0 saturated carbocycles. The van der Waals surface area contributed by atoms with E-state index in [0.29, 0.717) is 44.2 Å². The summed E-state index contributed by atoms with van der Waals surface area (Å²) in [4.78, 5) is 26.9. The van der Waals surface area contributed by atoms with Crippen LogP contribution in [-0.2, 0) is 33.7 Å². The van der Waals surface area contributed by atoms with Crippen molar-refractivity contribution >= 4 is 11.8 Å². The number of ether oxygens (including phenoxy) is 2. The molecule has 2 atom stereocenters. The number of hydrogen-bond donors (Lipinski definition) is 2. The zero-order valence-electron chi connectivity index (χ0n) is 15.9. The molecule has 0 aliphatic carbocycles. The topological polar surface area (TPSA) is 123 Å². The van der Waals surface area contributed by atoms with Gasteiger partial charge in [-0.3, -0.25) is 14.7 Å². The van der Waals surface area contributed by atoms with Crippen LogP contribution in [0.15, 0.2) is 10.6 Å². The number of carbonyl (C=O) groups excluding carboxylic acids is 2. The summed E-state index contributed by atoms with van der Waals surface area (Å²) in [5.41, 5.74) is 2.75. The number of amides is 2. The van der Waals surface area contributed by atoms with E-state index in [2.05, 4.69) is 20.7 Å². The zero-order valence-corrected chi connectivity index (χ0v) is 15.9. The molecule has 0 spiro atoms. The standard InChI is InChI=1S/C18H23N5O5/c1-10-5-11(28-22-10)6-16(24)23-4-3-12-13(7-23)20-21-17(12)18(25)19-14-8-27-9-15(14)26-2/h5,14-15H,3-4,6-9H2,1-2H3,(H,19,25)(H,20,21)/t14-,15-/m0/s1. The van der Waals surface area contributed by atoms with E-state index in [4.69, 9.17) is 14.0 Å². The Balaban J connectivity index is 1.40. The molecular formula is C18H23N5O5. The van der Waals surface area contributed by atoms with Crippen molar-refractivity contribution in [1.82, 2.24) is 25.6 Å². The van der Waals surface area contributed by atoms with Gasteiger partial charge in [-0.25, -0.2) is 0 Å². The van der Waals surface area contributed by atoms with E-state index in [0.717, 1.165) is 17.0 Å². The molecular weight excluding hydrogens is 366 g/mol. The lowest BCUT2D eigenvalue weighted by atomic mass is 10.0. The lowest BCUT2D eigenvalue weighted by molar-refractivity contribution is -0.131. The molecule has 2 aliphatic heterocycles. The summed E-state index contributed by atoms with van der Waals surface area (Å²) in [6.45, 7) is 3.59. The molecule has 28 heavy (non-hydrogen) atoms. The van der Waals surface area contributed by atoms with Crippen LogP contribution in [0.2, 0.25) is 0 Å². The van der Waals surface area contributed by atoms with Crippen molar-refractivity contribution in [2.45, 2.75) is 38.5 Å². The van der Waals surface area contributed by atoms with Gasteiger partial charge in [0, 0.05) is 25.3 Å². The minimum atomic E-state index is -0.257. The first-order valence-electron chi connectivity index (χ1n) is 9.22. The Hall–Kier alpha value is -2.72. The van der Waals surface area contributed by atoms with Crippen molar-refractivity contribution in [3.8, 4) is 0 Å². The van der Waals surface area contributed by atoms with Gasteiger partial charge in [-0.05, 0) is 13.3 Å². The van der Waals surface area contributed by atoms with Crippen molar-refractivity contribution in [2.75, 3.05) is 26.9 Å². The Kier molecular flexibility index (Phi) is 5.14. The summed E-state index contributed by atoms with van der Waals surface area (Å²) >= 11 is 0. The van der Waals surface area contributed by atoms with Crippen LogP contribution < -0.4 is 5.32 Å². The number of H-pyrrole nitrogens is 1. The third-order valence-corrected chi connectivity index (χ3v) is 5.15. The number of aryl methyl sites for hydroxylation is 1. The molecule has 150 valence electrons. The predicted octanol–water partition coefficient (Wildman–Crippen LogP) is -0.0229. The number of fused-ring (bicyclic) bond motifs is 1. The molecule has 4 heterocycles. The summed E-state index contributed by atoms with van der Waals surface area (Å²) in [6, 6.07) is 1.56. The van der Waals surface area contributed by atoms with Gasteiger partial charge in [-0.15, -0.1) is 0 Å². The maximum atomic E-state index is 12.6. The summed E-state index contributed by atoms with van der Waals surface area (Å²) in [7, 11) is 1.60. The first-order chi connectivity index (χ1) is 13.5. The number of aromatic nitrogens is 3. The quantitative estimate of drug-likeness (QED) is 0.737. The molecule has 2 amide bonds. The second-order valence-corrected chi connectivity index (χ2v) is 7.10. The first-order valence-corrected chi connectivity index (χ1v) is 9.22. The SMILES string of the molecule is CO[C@H]1COC[C@@H]1NC(=O)c1n[nH]c2c1CCN(C(=O)Cc1cc(C)no1)C2. The van der Waals surface area contributed by atoms with Crippen LogP contribution in [0.4, 0.5) is 0 Å². The Labute approximate surface area is 161 Å².